The second-order valence-electron chi connectivity index (χ2n) is 5.65. The van der Waals surface area contributed by atoms with Crippen molar-refractivity contribution in [1.29, 1.82) is 0 Å². The van der Waals surface area contributed by atoms with Crippen LogP contribution in [0.3, 0.4) is 0 Å². The zero-order valence-corrected chi connectivity index (χ0v) is 16.9. The molecule has 0 aromatic rings. The van der Waals surface area contributed by atoms with Crippen LogP contribution in [-0.2, 0) is 9.53 Å². The van der Waals surface area contributed by atoms with Gasteiger partial charge >= 0.3 is 5.97 Å². The molecule has 0 radical (unpaired) electrons. The van der Waals surface area contributed by atoms with Gasteiger partial charge in [-0.15, -0.1) is 13.2 Å². The van der Waals surface area contributed by atoms with Crippen LogP contribution >= 0.6 is 0 Å². The summed E-state index contributed by atoms with van der Waals surface area (Å²) in [6.45, 7) is 13.5. The first-order chi connectivity index (χ1) is 11.8. The number of esters is 1. The van der Waals surface area contributed by atoms with E-state index >= 15 is 0 Å². The van der Waals surface area contributed by atoms with E-state index in [0.717, 1.165) is 38.6 Å². The summed E-state index contributed by atoms with van der Waals surface area (Å²) >= 11 is 0. The average molecular weight is 344 g/mol. The van der Waals surface area contributed by atoms with E-state index in [1.165, 1.54) is 44.9 Å². The van der Waals surface area contributed by atoms with Crippen molar-refractivity contribution in [1.82, 2.24) is 0 Å². The van der Waals surface area contributed by atoms with E-state index in [1.54, 1.807) is 0 Å². The minimum absolute atomic E-state index is 0.0271. The van der Waals surface area contributed by atoms with Crippen molar-refractivity contribution in [3.8, 4) is 0 Å². The number of hydrogen-bond acceptors (Lipinski definition) is 3. The number of carbonyl (C=O) groups excluding carboxylic acids is 1. The highest BCUT2D eigenvalue weighted by Crippen LogP contribution is 2.10. The maximum absolute atomic E-state index is 11.4. The Bertz CT molecular complexity index is 220. The fraction of sp³-hybridized carbons (Fsp3) is 0.857. The molecule has 0 bridgehead atoms. The molecule has 3 heteroatoms. The Hall–Kier alpha value is -0.830. The van der Waals surface area contributed by atoms with Crippen LogP contribution in [-0.4, -0.2) is 19.1 Å². The standard InChI is InChI=1S/C17H35NO2.C2H6.C2H4/c1-2-3-4-5-6-7-8-9-11-14-17(19)20-16-13-10-12-15-18;2*1-2/h2-16,18H2,1H3;1-2H3;1-2H2. The summed E-state index contributed by atoms with van der Waals surface area (Å²) in [6, 6.07) is 0. The quantitative estimate of drug-likeness (QED) is 0.212. The molecule has 0 atom stereocenters. The average Bonchev–Trinajstić information content (AvgIpc) is 2.63. The molecular weight excluding hydrogens is 298 g/mol. The zero-order chi connectivity index (χ0) is 18.9. The predicted molar refractivity (Wildman–Crippen MR) is 108 cm³/mol. The smallest absolute Gasteiger partial charge is 0.305 e. The number of hydrogen-bond donors (Lipinski definition) is 1. The van der Waals surface area contributed by atoms with Crippen molar-refractivity contribution < 1.29 is 9.53 Å². The minimum Gasteiger partial charge on any atom is -0.466 e. The highest BCUT2D eigenvalue weighted by Gasteiger charge is 2.02. The highest BCUT2D eigenvalue weighted by atomic mass is 16.5. The molecule has 0 saturated heterocycles. The first-order valence-corrected chi connectivity index (χ1v) is 10.2. The van der Waals surface area contributed by atoms with Gasteiger partial charge in [0.15, 0.2) is 0 Å². The molecule has 24 heavy (non-hydrogen) atoms. The van der Waals surface area contributed by atoms with Crippen LogP contribution in [0.2, 0.25) is 0 Å². The monoisotopic (exact) mass is 343 g/mol. The van der Waals surface area contributed by atoms with Crippen molar-refractivity contribution in [3.05, 3.63) is 13.2 Å². The molecule has 0 aliphatic rings. The molecule has 0 heterocycles. The molecule has 3 nitrogen and oxygen atoms in total. The predicted octanol–water partition coefficient (Wildman–Crippen LogP) is 6.41. The maximum atomic E-state index is 11.4. The van der Waals surface area contributed by atoms with Crippen LogP contribution in [0.1, 0.15) is 104 Å². The van der Waals surface area contributed by atoms with Gasteiger partial charge in [-0.2, -0.15) is 0 Å². The lowest BCUT2D eigenvalue weighted by Gasteiger charge is -2.05. The van der Waals surface area contributed by atoms with E-state index in [0.29, 0.717) is 13.0 Å². The summed E-state index contributed by atoms with van der Waals surface area (Å²) in [7, 11) is 0. The molecule has 0 spiro atoms. The van der Waals surface area contributed by atoms with Gasteiger partial charge in [0.2, 0.25) is 0 Å². The summed E-state index contributed by atoms with van der Waals surface area (Å²) in [6.07, 6.45) is 15.1. The molecule has 2 N–H and O–H groups in total. The second kappa shape index (κ2) is 30.1. The van der Waals surface area contributed by atoms with Crippen LogP contribution < -0.4 is 5.73 Å². The number of rotatable bonds is 15. The minimum atomic E-state index is -0.0271. The van der Waals surface area contributed by atoms with E-state index in [-0.39, 0.29) is 5.97 Å². The first-order valence-electron chi connectivity index (χ1n) is 10.2. The molecule has 0 saturated carbocycles. The molecule has 0 aliphatic carbocycles. The van der Waals surface area contributed by atoms with E-state index in [9.17, 15) is 4.79 Å². The molecule has 0 aromatic heterocycles. The molecule has 0 amide bonds. The first kappa shape index (κ1) is 28.0. The van der Waals surface area contributed by atoms with Gasteiger partial charge in [0.25, 0.3) is 0 Å². The maximum Gasteiger partial charge on any atom is 0.305 e. The van der Waals surface area contributed by atoms with Crippen molar-refractivity contribution in [3.63, 3.8) is 0 Å². The van der Waals surface area contributed by atoms with Gasteiger partial charge in [-0.1, -0.05) is 72.1 Å². The number of unbranched alkanes of at least 4 members (excludes halogenated alkanes) is 10. The van der Waals surface area contributed by atoms with E-state index in [4.69, 9.17) is 10.5 Å². The lowest BCUT2D eigenvalue weighted by molar-refractivity contribution is -0.143. The van der Waals surface area contributed by atoms with Crippen molar-refractivity contribution in [2.24, 2.45) is 5.73 Å². The summed E-state index contributed by atoms with van der Waals surface area (Å²) in [5, 5.41) is 0. The lowest BCUT2D eigenvalue weighted by atomic mass is 10.1. The molecule has 0 fully saturated rings. The Kier molecular flexibility index (Phi) is 35.1. The molecule has 0 unspecified atom stereocenters. The van der Waals surface area contributed by atoms with Gasteiger partial charge in [-0.3, -0.25) is 4.79 Å². The van der Waals surface area contributed by atoms with Crippen molar-refractivity contribution in [2.45, 2.75) is 104 Å². The van der Waals surface area contributed by atoms with Gasteiger partial charge in [0.1, 0.15) is 0 Å². The van der Waals surface area contributed by atoms with Gasteiger partial charge < -0.3 is 10.5 Å². The summed E-state index contributed by atoms with van der Waals surface area (Å²) in [4.78, 5) is 11.4. The van der Waals surface area contributed by atoms with Gasteiger partial charge in [-0.25, -0.2) is 0 Å². The summed E-state index contributed by atoms with van der Waals surface area (Å²) < 4.78 is 5.18. The van der Waals surface area contributed by atoms with Crippen molar-refractivity contribution >= 4 is 5.97 Å². The van der Waals surface area contributed by atoms with Gasteiger partial charge in [-0.05, 0) is 32.2 Å². The fourth-order valence-electron chi connectivity index (χ4n) is 2.26. The third-order valence-corrected chi connectivity index (χ3v) is 3.60. The van der Waals surface area contributed by atoms with E-state index in [2.05, 4.69) is 20.1 Å². The van der Waals surface area contributed by atoms with Crippen LogP contribution in [0.5, 0.6) is 0 Å². The van der Waals surface area contributed by atoms with E-state index in [1.807, 2.05) is 13.8 Å². The molecular formula is C21H45NO2. The zero-order valence-electron chi connectivity index (χ0n) is 16.9. The van der Waals surface area contributed by atoms with Crippen molar-refractivity contribution in [2.75, 3.05) is 13.2 Å². The highest BCUT2D eigenvalue weighted by molar-refractivity contribution is 5.69. The van der Waals surface area contributed by atoms with Crippen LogP contribution in [0.4, 0.5) is 0 Å². The largest absolute Gasteiger partial charge is 0.466 e. The Balaban J connectivity index is -0.00000102. The van der Waals surface area contributed by atoms with E-state index < -0.39 is 0 Å². The molecule has 0 rings (SSSR count). The van der Waals surface area contributed by atoms with Gasteiger partial charge in [0, 0.05) is 6.42 Å². The Morgan fingerprint density at radius 1 is 0.792 bits per heavy atom. The Labute approximate surface area is 152 Å². The Morgan fingerprint density at radius 3 is 1.75 bits per heavy atom. The van der Waals surface area contributed by atoms with Gasteiger partial charge in [0.05, 0.1) is 6.61 Å². The van der Waals surface area contributed by atoms with Crippen LogP contribution in [0.25, 0.3) is 0 Å². The summed E-state index contributed by atoms with van der Waals surface area (Å²) in [5.41, 5.74) is 5.40. The number of ether oxygens (including phenoxy) is 1. The normalized spacial score (nSPS) is 9.33. The third kappa shape index (κ3) is 29.2. The summed E-state index contributed by atoms with van der Waals surface area (Å²) in [5.74, 6) is -0.0271. The number of nitrogens with two attached hydrogens (primary N) is 1. The SMILES string of the molecule is C=C.CC.CCCCCCCCCCCC(=O)OCCCCCN. The lowest BCUT2D eigenvalue weighted by Crippen LogP contribution is -2.06. The van der Waals surface area contributed by atoms with Crippen LogP contribution in [0, 0.1) is 0 Å². The molecule has 146 valence electrons. The van der Waals surface area contributed by atoms with Crippen LogP contribution in [0.15, 0.2) is 13.2 Å². The fourth-order valence-corrected chi connectivity index (χ4v) is 2.26. The second-order valence-corrected chi connectivity index (χ2v) is 5.65. The Morgan fingerprint density at radius 2 is 1.25 bits per heavy atom. The molecule has 0 aliphatic heterocycles. The topological polar surface area (TPSA) is 52.3 Å². The molecule has 0 aromatic carbocycles. The third-order valence-electron chi connectivity index (χ3n) is 3.60. The number of carbonyl (C=O) groups is 1.